The van der Waals surface area contributed by atoms with E-state index in [9.17, 15) is 4.79 Å². The number of nitrogens with two attached hydrogens (primary N) is 1. The van der Waals surface area contributed by atoms with Crippen LogP contribution < -0.4 is 11.1 Å². The van der Waals surface area contributed by atoms with Gasteiger partial charge in [-0.2, -0.15) is 0 Å². The first kappa shape index (κ1) is 13.1. The second-order valence-corrected chi connectivity index (χ2v) is 4.28. The van der Waals surface area contributed by atoms with E-state index in [1.165, 1.54) is 0 Å². The molecular formula is C15H16N2O2. The van der Waals surface area contributed by atoms with Crippen LogP contribution in [0.15, 0.2) is 48.5 Å². The smallest absolute Gasteiger partial charge is 0.251 e. The summed E-state index contributed by atoms with van der Waals surface area (Å²) in [6, 6.07) is 14.2. The molecule has 0 fully saturated rings. The van der Waals surface area contributed by atoms with Crippen molar-refractivity contribution in [2.45, 2.75) is 13.2 Å². The number of benzene rings is 2. The van der Waals surface area contributed by atoms with E-state index in [1.54, 1.807) is 24.3 Å². The van der Waals surface area contributed by atoms with Crippen molar-refractivity contribution in [1.82, 2.24) is 5.32 Å². The Kier molecular flexibility index (Phi) is 4.15. The molecule has 0 aliphatic carbocycles. The van der Waals surface area contributed by atoms with E-state index >= 15 is 0 Å². The molecule has 0 aliphatic heterocycles. The van der Waals surface area contributed by atoms with Gasteiger partial charge in [-0.1, -0.05) is 24.3 Å². The van der Waals surface area contributed by atoms with Gasteiger partial charge < -0.3 is 16.2 Å². The van der Waals surface area contributed by atoms with E-state index < -0.39 is 0 Å². The zero-order valence-electron chi connectivity index (χ0n) is 10.5. The number of amides is 1. The Morgan fingerprint density at radius 1 is 1.00 bits per heavy atom. The molecule has 0 saturated heterocycles. The first-order chi connectivity index (χ1) is 9.19. The number of nitrogen functional groups attached to an aromatic ring is 1. The normalized spacial score (nSPS) is 10.2. The summed E-state index contributed by atoms with van der Waals surface area (Å²) in [6.07, 6.45) is 0. The van der Waals surface area contributed by atoms with Crippen LogP contribution in [0.1, 0.15) is 21.5 Å². The van der Waals surface area contributed by atoms with Gasteiger partial charge in [0, 0.05) is 17.8 Å². The van der Waals surface area contributed by atoms with E-state index in [1.807, 2.05) is 24.3 Å². The average Bonchev–Trinajstić information content (AvgIpc) is 2.46. The number of hydrogen-bond donors (Lipinski definition) is 3. The lowest BCUT2D eigenvalue weighted by Crippen LogP contribution is -2.22. The van der Waals surface area contributed by atoms with Gasteiger partial charge in [-0.15, -0.1) is 0 Å². The van der Waals surface area contributed by atoms with Gasteiger partial charge in [-0.05, 0) is 35.4 Å². The van der Waals surface area contributed by atoms with Gasteiger partial charge in [0.05, 0.1) is 6.61 Å². The molecule has 2 rings (SSSR count). The summed E-state index contributed by atoms with van der Waals surface area (Å²) in [4.78, 5) is 11.9. The first-order valence-electron chi connectivity index (χ1n) is 6.01. The maximum atomic E-state index is 11.9. The van der Waals surface area contributed by atoms with Gasteiger partial charge >= 0.3 is 0 Å². The van der Waals surface area contributed by atoms with Crippen LogP contribution in [-0.4, -0.2) is 11.0 Å². The maximum Gasteiger partial charge on any atom is 0.251 e. The third-order valence-electron chi connectivity index (χ3n) is 2.83. The van der Waals surface area contributed by atoms with E-state index in [0.29, 0.717) is 17.8 Å². The van der Waals surface area contributed by atoms with E-state index in [4.69, 9.17) is 10.8 Å². The zero-order valence-corrected chi connectivity index (χ0v) is 10.5. The van der Waals surface area contributed by atoms with Crippen LogP contribution >= 0.6 is 0 Å². The molecule has 4 nitrogen and oxygen atoms in total. The Labute approximate surface area is 111 Å². The summed E-state index contributed by atoms with van der Waals surface area (Å²) in [5, 5.41) is 11.8. The Morgan fingerprint density at radius 2 is 1.58 bits per heavy atom. The monoisotopic (exact) mass is 256 g/mol. The summed E-state index contributed by atoms with van der Waals surface area (Å²) in [6.45, 7) is 0.479. The number of nitrogens with one attached hydrogen (secondary N) is 1. The fourth-order valence-electron chi connectivity index (χ4n) is 1.68. The maximum absolute atomic E-state index is 11.9. The number of carbonyl (C=O) groups is 1. The Bertz CT molecular complexity index is 547. The summed E-state index contributed by atoms with van der Waals surface area (Å²) in [5.41, 5.74) is 8.63. The predicted molar refractivity (Wildman–Crippen MR) is 74.4 cm³/mol. The standard InChI is InChI=1S/C15H16N2O2/c16-14-7-5-13(6-8-14)15(19)17-9-11-1-3-12(10-18)4-2-11/h1-8,18H,9-10,16H2,(H,17,19). The topological polar surface area (TPSA) is 75.4 Å². The van der Waals surface area contributed by atoms with Crippen molar-refractivity contribution in [2.75, 3.05) is 5.73 Å². The molecule has 0 heterocycles. The highest BCUT2D eigenvalue weighted by atomic mass is 16.3. The first-order valence-corrected chi connectivity index (χ1v) is 6.01. The summed E-state index contributed by atoms with van der Waals surface area (Å²) < 4.78 is 0. The van der Waals surface area contributed by atoms with Gasteiger partial charge in [-0.25, -0.2) is 0 Å². The molecule has 0 atom stereocenters. The molecule has 0 aromatic heterocycles. The van der Waals surface area contributed by atoms with Crippen molar-refractivity contribution >= 4 is 11.6 Å². The third kappa shape index (κ3) is 3.56. The van der Waals surface area contributed by atoms with Crippen molar-refractivity contribution in [3.63, 3.8) is 0 Å². The van der Waals surface area contributed by atoms with Crippen LogP contribution in [0.25, 0.3) is 0 Å². The van der Waals surface area contributed by atoms with Crippen LogP contribution in [0.4, 0.5) is 5.69 Å². The van der Waals surface area contributed by atoms with E-state index in [0.717, 1.165) is 11.1 Å². The molecule has 4 N–H and O–H groups in total. The second-order valence-electron chi connectivity index (χ2n) is 4.28. The minimum atomic E-state index is -0.133. The van der Waals surface area contributed by atoms with Gasteiger partial charge in [0.2, 0.25) is 0 Å². The number of anilines is 1. The van der Waals surface area contributed by atoms with Crippen molar-refractivity contribution < 1.29 is 9.90 Å². The SMILES string of the molecule is Nc1ccc(C(=O)NCc2ccc(CO)cc2)cc1. The molecular weight excluding hydrogens is 240 g/mol. The molecule has 0 spiro atoms. The van der Waals surface area contributed by atoms with Crippen LogP contribution in [0.2, 0.25) is 0 Å². The highest BCUT2D eigenvalue weighted by Crippen LogP contribution is 2.07. The summed E-state index contributed by atoms with van der Waals surface area (Å²) in [5.74, 6) is -0.133. The van der Waals surface area contributed by atoms with Crippen molar-refractivity contribution in [3.8, 4) is 0 Å². The lowest BCUT2D eigenvalue weighted by atomic mass is 10.1. The fraction of sp³-hybridized carbons (Fsp3) is 0.133. The molecule has 0 bridgehead atoms. The average molecular weight is 256 g/mol. The number of aliphatic hydroxyl groups excluding tert-OH is 1. The minimum absolute atomic E-state index is 0.0259. The number of carbonyl (C=O) groups excluding carboxylic acids is 1. The van der Waals surface area contributed by atoms with Gasteiger partial charge in [-0.3, -0.25) is 4.79 Å². The van der Waals surface area contributed by atoms with Crippen LogP contribution in [-0.2, 0) is 13.2 Å². The summed E-state index contributed by atoms with van der Waals surface area (Å²) in [7, 11) is 0. The number of hydrogen-bond acceptors (Lipinski definition) is 3. The second kappa shape index (κ2) is 6.02. The quantitative estimate of drug-likeness (QED) is 0.729. The molecule has 2 aromatic carbocycles. The number of rotatable bonds is 4. The molecule has 1 amide bonds. The molecule has 0 unspecified atom stereocenters. The van der Waals surface area contributed by atoms with Gasteiger partial charge in [0.15, 0.2) is 0 Å². The van der Waals surface area contributed by atoms with Crippen LogP contribution in [0.5, 0.6) is 0 Å². The molecule has 98 valence electrons. The van der Waals surface area contributed by atoms with Gasteiger partial charge in [0.1, 0.15) is 0 Å². The Hall–Kier alpha value is -2.33. The lowest BCUT2D eigenvalue weighted by molar-refractivity contribution is 0.0951. The molecule has 0 saturated carbocycles. The predicted octanol–water partition coefficient (Wildman–Crippen LogP) is 1.69. The third-order valence-corrected chi connectivity index (χ3v) is 2.83. The Morgan fingerprint density at radius 3 is 2.16 bits per heavy atom. The van der Waals surface area contributed by atoms with Crippen LogP contribution in [0.3, 0.4) is 0 Å². The highest BCUT2D eigenvalue weighted by molar-refractivity contribution is 5.94. The lowest BCUT2D eigenvalue weighted by Gasteiger charge is -2.06. The van der Waals surface area contributed by atoms with E-state index in [-0.39, 0.29) is 12.5 Å². The molecule has 19 heavy (non-hydrogen) atoms. The summed E-state index contributed by atoms with van der Waals surface area (Å²) >= 11 is 0. The largest absolute Gasteiger partial charge is 0.399 e. The zero-order chi connectivity index (χ0) is 13.7. The Balaban J connectivity index is 1.94. The van der Waals surface area contributed by atoms with Crippen LogP contribution in [0, 0.1) is 0 Å². The highest BCUT2D eigenvalue weighted by Gasteiger charge is 2.04. The van der Waals surface area contributed by atoms with Gasteiger partial charge in [0.25, 0.3) is 5.91 Å². The molecule has 0 radical (unpaired) electrons. The molecule has 4 heteroatoms. The fourth-order valence-corrected chi connectivity index (χ4v) is 1.68. The van der Waals surface area contributed by atoms with Crippen molar-refractivity contribution in [1.29, 1.82) is 0 Å². The van der Waals surface area contributed by atoms with Crippen molar-refractivity contribution in [2.24, 2.45) is 0 Å². The van der Waals surface area contributed by atoms with Crippen molar-refractivity contribution in [3.05, 3.63) is 65.2 Å². The molecule has 2 aromatic rings. The van der Waals surface area contributed by atoms with E-state index in [2.05, 4.69) is 5.32 Å². The molecule has 0 aliphatic rings. The minimum Gasteiger partial charge on any atom is -0.399 e. The number of aliphatic hydroxyl groups is 1.